The minimum atomic E-state index is -0.662. The van der Waals surface area contributed by atoms with Gasteiger partial charge in [-0.05, 0) is 12.8 Å². The van der Waals surface area contributed by atoms with E-state index in [1.165, 1.54) is 18.1 Å². The number of rotatable bonds is 8. The molecule has 0 radical (unpaired) electrons. The van der Waals surface area contributed by atoms with Crippen LogP contribution in [0.5, 0.6) is 0 Å². The molecule has 2 atom stereocenters. The molecule has 0 aromatic carbocycles. The van der Waals surface area contributed by atoms with Gasteiger partial charge < -0.3 is 10.1 Å². The zero-order chi connectivity index (χ0) is 16.7. The molecule has 0 spiro atoms. The SMILES string of the molecule is CCC[C@H](NC(=O)CC)C(=O)N1C(=O)C=C(OC)[C@H]1CCC. The third-order valence-electron chi connectivity index (χ3n) is 3.71. The molecule has 6 nitrogen and oxygen atoms in total. The second-order valence-corrected chi connectivity index (χ2v) is 5.36. The summed E-state index contributed by atoms with van der Waals surface area (Å²) < 4.78 is 5.23. The maximum Gasteiger partial charge on any atom is 0.257 e. The number of amides is 3. The maximum absolute atomic E-state index is 12.7. The Bertz CT molecular complexity index is 459. The highest BCUT2D eigenvalue weighted by Gasteiger charge is 2.40. The largest absolute Gasteiger partial charge is 0.499 e. The zero-order valence-corrected chi connectivity index (χ0v) is 13.8. The lowest BCUT2D eigenvalue weighted by molar-refractivity contribution is -0.146. The number of nitrogens with one attached hydrogen (secondary N) is 1. The summed E-state index contributed by atoms with van der Waals surface area (Å²) in [5, 5.41) is 2.71. The van der Waals surface area contributed by atoms with Gasteiger partial charge in [-0.3, -0.25) is 19.3 Å². The number of methoxy groups -OCH3 is 1. The molecule has 22 heavy (non-hydrogen) atoms. The summed E-state index contributed by atoms with van der Waals surface area (Å²) in [7, 11) is 1.50. The van der Waals surface area contributed by atoms with Crippen LogP contribution >= 0.6 is 0 Å². The average Bonchev–Trinajstić information content (AvgIpc) is 2.82. The third kappa shape index (κ3) is 4.08. The fourth-order valence-corrected chi connectivity index (χ4v) is 2.58. The number of imide groups is 1. The van der Waals surface area contributed by atoms with Crippen LogP contribution in [0.1, 0.15) is 52.9 Å². The molecule has 124 valence electrons. The molecule has 1 N–H and O–H groups in total. The van der Waals surface area contributed by atoms with E-state index in [4.69, 9.17) is 4.74 Å². The van der Waals surface area contributed by atoms with Crippen molar-refractivity contribution in [3.05, 3.63) is 11.8 Å². The Balaban J connectivity index is 2.95. The Morgan fingerprint density at radius 2 is 2.00 bits per heavy atom. The van der Waals surface area contributed by atoms with Gasteiger partial charge in [-0.1, -0.05) is 33.6 Å². The summed E-state index contributed by atoms with van der Waals surface area (Å²) in [6.07, 6.45) is 4.39. The average molecular weight is 310 g/mol. The molecular weight excluding hydrogens is 284 g/mol. The topological polar surface area (TPSA) is 75.7 Å². The molecular formula is C16H26N2O4. The first-order chi connectivity index (χ1) is 10.5. The van der Waals surface area contributed by atoms with E-state index < -0.39 is 6.04 Å². The monoisotopic (exact) mass is 310 g/mol. The molecule has 1 aliphatic heterocycles. The van der Waals surface area contributed by atoms with Crippen molar-refractivity contribution in [3.8, 4) is 0 Å². The van der Waals surface area contributed by atoms with Crippen LogP contribution in [0.15, 0.2) is 11.8 Å². The molecule has 0 aromatic rings. The molecule has 0 aliphatic carbocycles. The predicted octanol–water partition coefficient (Wildman–Crippen LogP) is 1.75. The number of hydrogen-bond acceptors (Lipinski definition) is 4. The highest BCUT2D eigenvalue weighted by molar-refractivity contribution is 6.06. The van der Waals surface area contributed by atoms with E-state index >= 15 is 0 Å². The molecule has 6 heteroatoms. The first-order valence-electron chi connectivity index (χ1n) is 7.91. The number of carbonyl (C=O) groups is 3. The van der Waals surface area contributed by atoms with E-state index in [0.717, 1.165) is 12.8 Å². The molecule has 0 unspecified atom stereocenters. The van der Waals surface area contributed by atoms with Crippen LogP contribution < -0.4 is 5.32 Å². The number of ether oxygens (including phenoxy) is 1. The zero-order valence-electron chi connectivity index (χ0n) is 13.8. The Kier molecular flexibility index (Phi) is 7.08. The standard InChI is InChI=1S/C16H26N2O4/c1-5-8-11(17-14(19)7-3)16(21)18-12(9-6-2)13(22-4)10-15(18)20/h10-12H,5-9H2,1-4H3,(H,17,19)/t11-,12+/m0/s1. The van der Waals surface area contributed by atoms with Gasteiger partial charge >= 0.3 is 0 Å². The molecule has 0 saturated carbocycles. The lowest BCUT2D eigenvalue weighted by Gasteiger charge is -2.28. The smallest absolute Gasteiger partial charge is 0.257 e. The Morgan fingerprint density at radius 3 is 2.50 bits per heavy atom. The van der Waals surface area contributed by atoms with Crippen LogP contribution in [-0.2, 0) is 19.1 Å². The van der Waals surface area contributed by atoms with Gasteiger partial charge in [-0.15, -0.1) is 0 Å². The van der Waals surface area contributed by atoms with Crippen molar-refractivity contribution < 1.29 is 19.1 Å². The fraction of sp³-hybridized carbons (Fsp3) is 0.688. The van der Waals surface area contributed by atoms with Gasteiger partial charge in [0.15, 0.2) is 0 Å². The van der Waals surface area contributed by atoms with Gasteiger partial charge in [0.25, 0.3) is 11.8 Å². The van der Waals surface area contributed by atoms with Gasteiger partial charge in [0.2, 0.25) is 5.91 Å². The quantitative estimate of drug-likeness (QED) is 0.741. The van der Waals surface area contributed by atoms with Crippen molar-refractivity contribution >= 4 is 17.7 Å². The Hall–Kier alpha value is -1.85. The lowest BCUT2D eigenvalue weighted by atomic mass is 10.1. The second kappa shape index (κ2) is 8.56. The molecule has 1 rings (SSSR count). The van der Waals surface area contributed by atoms with Crippen LogP contribution in [0.25, 0.3) is 0 Å². The van der Waals surface area contributed by atoms with Gasteiger partial charge in [0.1, 0.15) is 11.8 Å². The first-order valence-corrected chi connectivity index (χ1v) is 7.91. The van der Waals surface area contributed by atoms with Gasteiger partial charge in [0.05, 0.1) is 13.2 Å². The molecule has 1 aliphatic rings. The minimum absolute atomic E-state index is 0.189. The summed E-state index contributed by atoms with van der Waals surface area (Å²) in [4.78, 5) is 37.8. The van der Waals surface area contributed by atoms with Crippen molar-refractivity contribution in [2.24, 2.45) is 0 Å². The summed E-state index contributed by atoms with van der Waals surface area (Å²) in [6.45, 7) is 5.65. The van der Waals surface area contributed by atoms with Crippen molar-refractivity contribution in [1.82, 2.24) is 10.2 Å². The lowest BCUT2D eigenvalue weighted by Crippen LogP contribution is -2.52. The van der Waals surface area contributed by atoms with Gasteiger partial charge in [-0.2, -0.15) is 0 Å². The molecule has 0 bridgehead atoms. The van der Waals surface area contributed by atoms with Crippen LogP contribution in [0, 0.1) is 0 Å². The van der Waals surface area contributed by atoms with Crippen molar-refractivity contribution in [3.63, 3.8) is 0 Å². The van der Waals surface area contributed by atoms with E-state index in [1.807, 2.05) is 13.8 Å². The van der Waals surface area contributed by atoms with E-state index in [9.17, 15) is 14.4 Å². The highest BCUT2D eigenvalue weighted by atomic mass is 16.5. The number of carbonyl (C=O) groups excluding carboxylic acids is 3. The van der Waals surface area contributed by atoms with Crippen LogP contribution in [0.4, 0.5) is 0 Å². The van der Waals surface area contributed by atoms with Gasteiger partial charge in [-0.25, -0.2) is 0 Å². The Morgan fingerprint density at radius 1 is 1.32 bits per heavy atom. The summed E-state index contributed by atoms with van der Waals surface area (Å²) in [6, 6.07) is -1.03. The summed E-state index contributed by atoms with van der Waals surface area (Å²) in [5.41, 5.74) is 0. The van der Waals surface area contributed by atoms with Crippen LogP contribution in [0.2, 0.25) is 0 Å². The third-order valence-corrected chi connectivity index (χ3v) is 3.71. The maximum atomic E-state index is 12.7. The Labute approximate surface area is 131 Å². The van der Waals surface area contributed by atoms with Crippen LogP contribution in [-0.4, -0.2) is 41.8 Å². The van der Waals surface area contributed by atoms with E-state index in [2.05, 4.69) is 5.32 Å². The van der Waals surface area contributed by atoms with E-state index in [1.54, 1.807) is 6.92 Å². The van der Waals surface area contributed by atoms with Gasteiger partial charge in [0, 0.05) is 12.5 Å². The molecule has 0 aromatic heterocycles. The summed E-state index contributed by atoms with van der Waals surface area (Å²) >= 11 is 0. The highest BCUT2D eigenvalue weighted by Crippen LogP contribution is 2.25. The summed E-state index contributed by atoms with van der Waals surface area (Å²) in [5.74, 6) is -0.398. The second-order valence-electron chi connectivity index (χ2n) is 5.36. The van der Waals surface area contributed by atoms with Crippen molar-refractivity contribution in [1.29, 1.82) is 0 Å². The van der Waals surface area contributed by atoms with Crippen molar-refractivity contribution in [2.45, 2.75) is 65.0 Å². The molecule has 3 amide bonds. The first kappa shape index (κ1) is 18.2. The molecule has 1 heterocycles. The van der Waals surface area contributed by atoms with Crippen LogP contribution in [0.3, 0.4) is 0 Å². The molecule has 0 fully saturated rings. The predicted molar refractivity (Wildman–Crippen MR) is 82.8 cm³/mol. The van der Waals surface area contributed by atoms with E-state index in [-0.39, 0.29) is 23.8 Å². The van der Waals surface area contributed by atoms with Crippen molar-refractivity contribution in [2.75, 3.05) is 7.11 Å². The molecule has 0 saturated heterocycles. The normalized spacial score (nSPS) is 18.9. The number of hydrogen-bond donors (Lipinski definition) is 1. The number of nitrogens with zero attached hydrogens (tertiary/aromatic N) is 1. The fourth-order valence-electron chi connectivity index (χ4n) is 2.58. The minimum Gasteiger partial charge on any atom is -0.499 e. The van der Waals surface area contributed by atoms with E-state index in [0.29, 0.717) is 25.0 Å².